The fraction of sp³-hybridized carbons (Fsp3) is 0.636. The summed E-state index contributed by atoms with van der Waals surface area (Å²) >= 11 is 3.25. The van der Waals surface area contributed by atoms with E-state index in [4.69, 9.17) is 0 Å². The van der Waals surface area contributed by atoms with Crippen LogP contribution in [0.5, 0.6) is 0 Å². The van der Waals surface area contributed by atoms with Crippen LogP contribution in [0.2, 0.25) is 0 Å². The quantitative estimate of drug-likeness (QED) is 0.353. The van der Waals surface area contributed by atoms with Gasteiger partial charge in [0.25, 0.3) is 0 Å². The van der Waals surface area contributed by atoms with Gasteiger partial charge in [-0.1, -0.05) is 22.6 Å². The number of carbonyl (C=O) groups excluding carboxylic acids is 4. The molecule has 1 saturated heterocycles. The number of Topliss-reactive ketones (excluding diaryl/α,β-unsaturated/α-hetero) is 1. The third kappa shape index (κ3) is 5.89. The van der Waals surface area contributed by atoms with E-state index in [-0.39, 0.29) is 55.2 Å². The van der Waals surface area contributed by atoms with E-state index in [1.165, 1.54) is 16.7 Å². The molecule has 1 heterocycles. The Balaban J connectivity index is 2.12. The molecule has 0 unspecified atom stereocenters. The maximum Gasteiger partial charge on any atom is 0.230 e. The lowest BCUT2D eigenvalue weighted by Gasteiger charge is -2.13. The lowest BCUT2D eigenvalue weighted by molar-refractivity contribution is -0.138. The van der Waals surface area contributed by atoms with Crippen molar-refractivity contribution in [2.45, 2.75) is 12.8 Å². The summed E-state index contributed by atoms with van der Waals surface area (Å²) in [6.07, 6.45) is 0.530. The Labute approximate surface area is 129 Å². The van der Waals surface area contributed by atoms with Crippen molar-refractivity contribution >= 4 is 57.9 Å². The smallest absolute Gasteiger partial charge is 0.230 e. The van der Waals surface area contributed by atoms with E-state index < -0.39 is 0 Å². The normalized spacial score (nSPS) is 14.9. The van der Waals surface area contributed by atoms with E-state index in [1.807, 2.05) is 22.6 Å². The molecule has 3 amide bonds. The molecule has 1 N–H and O–H groups in total. The van der Waals surface area contributed by atoms with Crippen LogP contribution in [0.25, 0.3) is 0 Å². The van der Waals surface area contributed by atoms with Crippen molar-refractivity contribution in [3.05, 3.63) is 0 Å². The summed E-state index contributed by atoms with van der Waals surface area (Å²) in [5.74, 6) is 0.101. The number of imide groups is 1. The Morgan fingerprint density at radius 1 is 1.21 bits per heavy atom. The highest BCUT2D eigenvalue weighted by molar-refractivity contribution is 14.1. The van der Waals surface area contributed by atoms with Crippen molar-refractivity contribution in [1.82, 2.24) is 10.2 Å². The van der Waals surface area contributed by atoms with Crippen LogP contribution in [0.3, 0.4) is 0 Å². The zero-order chi connectivity index (χ0) is 14.3. The minimum atomic E-state index is -0.189. The lowest BCUT2D eigenvalue weighted by Crippen LogP contribution is -2.38. The SMILES string of the molecule is O=C(CI)CSCC(=O)NCCN1C(=O)CCC1=O. The first-order chi connectivity index (χ1) is 9.04. The molecular weight excluding hydrogens is 383 g/mol. The van der Waals surface area contributed by atoms with Crippen molar-refractivity contribution in [2.24, 2.45) is 0 Å². The van der Waals surface area contributed by atoms with Crippen LogP contribution in [-0.4, -0.2) is 57.4 Å². The van der Waals surface area contributed by atoms with E-state index in [9.17, 15) is 19.2 Å². The molecule has 106 valence electrons. The first kappa shape index (κ1) is 16.4. The molecule has 19 heavy (non-hydrogen) atoms. The maximum atomic E-state index is 11.4. The number of hydrogen-bond acceptors (Lipinski definition) is 5. The standard InChI is InChI=1S/C11H15IN2O4S/c12-5-8(15)6-19-7-9(16)13-3-4-14-10(17)1-2-11(14)18/h1-7H2,(H,13,16). The highest BCUT2D eigenvalue weighted by Gasteiger charge is 2.28. The summed E-state index contributed by atoms with van der Waals surface area (Å²) < 4.78 is 0.450. The molecule has 6 nitrogen and oxygen atoms in total. The molecule has 0 aromatic heterocycles. The van der Waals surface area contributed by atoms with Gasteiger partial charge in [-0.2, -0.15) is 0 Å². The van der Waals surface area contributed by atoms with Crippen LogP contribution < -0.4 is 5.32 Å². The number of amides is 3. The topological polar surface area (TPSA) is 83.6 Å². The van der Waals surface area contributed by atoms with Gasteiger partial charge in [-0.15, -0.1) is 11.8 Å². The van der Waals surface area contributed by atoms with Gasteiger partial charge in [-0.05, 0) is 0 Å². The Morgan fingerprint density at radius 2 is 1.84 bits per heavy atom. The van der Waals surface area contributed by atoms with Gasteiger partial charge < -0.3 is 5.32 Å². The predicted octanol–water partition coefficient (Wildman–Crippen LogP) is -0.0111. The summed E-state index contributed by atoms with van der Waals surface area (Å²) in [5.41, 5.74) is 0. The molecule has 8 heteroatoms. The number of likely N-dealkylation sites (tertiary alicyclic amines) is 1. The molecule has 0 saturated carbocycles. The molecule has 0 bridgehead atoms. The van der Waals surface area contributed by atoms with E-state index in [2.05, 4.69) is 5.32 Å². The molecule has 0 aromatic rings. The zero-order valence-corrected chi connectivity index (χ0v) is 13.3. The molecule has 0 aromatic carbocycles. The van der Waals surface area contributed by atoms with E-state index in [1.54, 1.807) is 0 Å². The van der Waals surface area contributed by atoms with Crippen LogP contribution >= 0.6 is 34.4 Å². The average Bonchev–Trinajstić information content (AvgIpc) is 2.70. The number of nitrogens with zero attached hydrogens (tertiary/aromatic N) is 1. The van der Waals surface area contributed by atoms with E-state index >= 15 is 0 Å². The van der Waals surface area contributed by atoms with Crippen molar-refractivity contribution in [3.63, 3.8) is 0 Å². The number of ketones is 1. The minimum absolute atomic E-state index is 0.103. The van der Waals surface area contributed by atoms with Gasteiger partial charge in [0.2, 0.25) is 17.7 Å². The van der Waals surface area contributed by atoms with E-state index in [0.29, 0.717) is 10.2 Å². The second-order valence-electron chi connectivity index (χ2n) is 3.95. The maximum absolute atomic E-state index is 11.4. The number of thioether (sulfide) groups is 1. The first-order valence-corrected chi connectivity index (χ1v) is 8.48. The Kier molecular flexibility index (Phi) is 7.36. The zero-order valence-electron chi connectivity index (χ0n) is 10.3. The second-order valence-corrected chi connectivity index (χ2v) is 5.70. The largest absolute Gasteiger partial charge is 0.354 e. The summed E-state index contributed by atoms with van der Waals surface area (Å²) in [6, 6.07) is 0. The Morgan fingerprint density at radius 3 is 2.42 bits per heavy atom. The highest BCUT2D eigenvalue weighted by Crippen LogP contribution is 2.10. The Bertz CT molecular complexity index is 373. The van der Waals surface area contributed by atoms with Gasteiger partial charge in [0.15, 0.2) is 5.78 Å². The number of halogens is 1. The second kappa shape index (κ2) is 8.51. The van der Waals surface area contributed by atoms with Gasteiger partial charge >= 0.3 is 0 Å². The fourth-order valence-electron chi connectivity index (χ4n) is 1.53. The minimum Gasteiger partial charge on any atom is -0.354 e. The molecule has 0 radical (unpaired) electrons. The van der Waals surface area contributed by atoms with Crippen LogP contribution in [0, 0.1) is 0 Å². The average molecular weight is 398 g/mol. The summed E-state index contributed by atoms with van der Waals surface area (Å²) in [7, 11) is 0. The first-order valence-electron chi connectivity index (χ1n) is 5.80. The van der Waals surface area contributed by atoms with E-state index in [0.717, 1.165) is 0 Å². The molecule has 0 atom stereocenters. The monoisotopic (exact) mass is 398 g/mol. The number of alkyl halides is 1. The fourth-order valence-corrected chi connectivity index (χ4v) is 2.88. The Hall–Kier alpha value is -0.640. The van der Waals surface area contributed by atoms with Crippen molar-refractivity contribution < 1.29 is 19.2 Å². The number of rotatable bonds is 8. The highest BCUT2D eigenvalue weighted by atomic mass is 127. The van der Waals surface area contributed by atoms with Crippen LogP contribution in [0.4, 0.5) is 0 Å². The summed E-state index contributed by atoms with van der Waals surface area (Å²) in [4.78, 5) is 46.2. The number of hydrogen-bond donors (Lipinski definition) is 1. The number of carbonyl (C=O) groups is 4. The third-order valence-electron chi connectivity index (χ3n) is 2.46. The molecular formula is C11H15IN2O4S. The van der Waals surface area contributed by atoms with Gasteiger partial charge in [0, 0.05) is 25.9 Å². The summed E-state index contributed by atoms with van der Waals surface area (Å²) in [6.45, 7) is 0.484. The molecule has 0 aliphatic carbocycles. The van der Waals surface area contributed by atoms with Gasteiger partial charge in [0.1, 0.15) is 0 Å². The van der Waals surface area contributed by atoms with Crippen LogP contribution in [0.15, 0.2) is 0 Å². The molecule has 1 aliphatic heterocycles. The summed E-state index contributed by atoms with van der Waals surface area (Å²) in [5, 5.41) is 2.62. The van der Waals surface area contributed by atoms with Crippen LogP contribution in [0.1, 0.15) is 12.8 Å². The molecule has 1 rings (SSSR count). The van der Waals surface area contributed by atoms with Crippen LogP contribution in [-0.2, 0) is 19.2 Å². The molecule has 1 aliphatic rings. The van der Waals surface area contributed by atoms with Gasteiger partial charge in [-0.3, -0.25) is 24.1 Å². The predicted molar refractivity (Wildman–Crippen MR) is 80.2 cm³/mol. The van der Waals surface area contributed by atoms with Crippen molar-refractivity contribution in [2.75, 3.05) is 29.0 Å². The van der Waals surface area contributed by atoms with Gasteiger partial charge in [0.05, 0.1) is 15.9 Å². The van der Waals surface area contributed by atoms with Crippen molar-refractivity contribution in [1.29, 1.82) is 0 Å². The number of nitrogens with one attached hydrogen (secondary N) is 1. The van der Waals surface area contributed by atoms with Gasteiger partial charge in [-0.25, -0.2) is 0 Å². The molecule has 1 fully saturated rings. The lowest BCUT2D eigenvalue weighted by atomic mass is 10.4. The third-order valence-corrected chi connectivity index (χ3v) is 4.30. The molecule has 0 spiro atoms. The van der Waals surface area contributed by atoms with Crippen molar-refractivity contribution in [3.8, 4) is 0 Å².